The largest absolute Gasteiger partial charge is 0.344 e. The molecule has 0 spiro atoms. The molecule has 0 saturated carbocycles. The van der Waals surface area contributed by atoms with Gasteiger partial charge in [-0.3, -0.25) is 4.79 Å². The number of hydrogen-bond acceptors (Lipinski definition) is 6. The fraction of sp³-hybridized carbons (Fsp3) is 0.500. The van der Waals surface area contributed by atoms with Crippen molar-refractivity contribution in [1.82, 2.24) is 19.3 Å². The minimum Gasteiger partial charge on any atom is -0.344 e. The van der Waals surface area contributed by atoms with Crippen molar-refractivity contribution in [3.63, 3.8) is 0 Å². The van der Waals surface area contributed by atoms with Crippen molar-refractivity contribution in [1.29, 1.82) is 0 Å². The van der Waals surface area contributed by atoms with Crippen molar-refractivity contribution in [3.8, 4) is 0 Å². The van der Waals surface area contributed by atoms with Crippen LogP contribution in [-0.2, 0) is 16.4 Å². The number of rotatable bonds is 7. The summed E-state index contributed by atoms with van der Waals surface area (Å²) in [5, 5.41) is 8.88. The Morgan fingerprint density at radius 3 is 2.74 bits per heavy atom. The molecule has 0 radical (unpaired) electrons. The van der Waals surface area contributed by atoms with Gasteiger partial charge in [-0.05, 0) is 33.3 Å². The van der Waals surface area contributed by atoms with Crippen LogP contribution >= 0.6 is 11.8 Å². The van der Waals surface area contributed by atoms with Gasteiger partial charge in [-0.15, -0.1) is 16.8 Å². The second kappa shape index (κ2) is 7.63. The number of aromatic nitrogens is 4. The molecule has 0 N–H and O–H groups in total. The van der Waals surface area contributed by atoms with Crippen LogP contribution in [0.5, 0.6) is 0 Å². The molecule has 0 unspecified atom stereocenters. The summed E-state index contributed by atoms with van der Waals surface area (Å²) in [6.45, 7) is 10.0. The Kier molecular flexibility index (Phi) is 5.62. The summed E-state index contributed by atoms with van der Waals surface area (Å²) in [7, 11) is -2.98. The number of sulfone groups is 1. The van der Waals surface area contributed by atoms with E-state index in [9.17, 15) is 13.2 Å². The Morgan fingerprint density at radius 1 is 1.37 bits per heavy atom. The van der Waals surface area contributed by atoms with Gasteiger partial charge in [-0.1, -0.05) is 17.8 Å². The van der Waals surface area contributed by atoms with E-state index in [1.807, 2.05) is 36.0 Å². The van der Waals surface area contributed by atoms with E-state index in [0.717, 1.165) is 17.2 Å². The van der Waals surface area contributed by atoms with Gasteiger partial charge in [-0.2, -0.15) is 0 Å². The van der Waals surface area contributed by atoms with Crippen molar-refractivity contribution < 1.29 is 13.2 Å². The van der Waals surface area contributed by atoms with Crippen LogP contribution in [0.3, 0.4) is 0 Å². The summed E-state index contributed by atoms with van der Waals surface area (Å²) in [5.74, 6) is 1.40. The minimum atomic E-state index is -2.98. The molecule has 1 aliphatic rings. The molecule has 1 fully saturated rings. The maximum Gasteiger partial charge on any atom is 0.191 e. The van der Waals surface area contributed by atoms with Crippen molar-refractivity contribution in [2.75, 3.05) is 17.3 Å². The van der Waals surface area contributed by atoms with E-state index in [2.05, 4.69) is 16.8 Å². The molecule has 2 aromatic heterocycles. The smallest absolute Gasteiger partial charge is 0.191 e. The molecule has 9 heteroatoms. The number of aryl methyl sites for hydroxylation is 2. The predicted octanol–water partition coefficient (Wildman–Crippen LogP) is 2.53. The first-order valence-electron chi connectivity index (χ1n) is 8.79. The molecule has 146 valence electrons. The van der Waals surface area contributed by atoms with Crippen LogP contribution in [0.2, 0.25) is 0 Å². The van der Waals surface area contributed by atoms with Crippen LogP contribution in [0.15, 0.2) is 23.9 Å². The monoisotopic (exact) mass is 408 g/mol. The molecule has 27 heavy (non-hydrogen) atoms. The van der Waals surface area contributed by atoms with Gasteiger partial charge in [-0.25, -0.2) is 8.42 Å². The van der Waals surface area contributed by atoms with E-state index < -0.39 is 9.84 Å². The number of carbonyl (C=O) groups is 1. The number of thioether (sulfide) groups is 1. The molecular formula is C18H24N4O3S2. The highest BCUT2D eigenvalue weighted by Crippen LogP contribution is 2.30. The van der Waals surface area contributed by atoms with Crippen LogP contribution in [0.25, 0.3) is 0 Å². The van der Waals surface area contributed by atoms with Gasteiger partial charge >= 0.3 is 0 Å². The standard InChI is InChI=1S/C18H24N4O3S2/c1-5-7-21-14(4)19-20-18(21)26-10-17(23)16-9-12(2)22(13(16)3)15-6-8-27(24,25)11-15/h5,9,15H,1,6-8,10-11H2,2-4H3/t15-/m0/s1. The third kappa shape index (κ3) is 4.03. The van der Waals surface area contributed by atoms with E-state index in [1.54, 1.807) is 6.08 Å². The molecule has 0 bridgehead atoms. The Balaban J connectivity index is 1.76. The zero-order valence-corrected chi connectivity index (χ0v) is 17.4. The summed E-state index contributed by atoms with van der Waals surface area (Å²) in [6, 6.07) is 1.78. The third-order valence-corrected chi connectivity index (χ3v) is 7.62. The maximum absolute atomic E-state index is 12.8. The quantitative estimate of drug-likeness (QED) is 0.397. The number of carbonyl (C=O) groups excluding carboxylic acids is 1. The van der Waals surface area contributed by atoms with E-state index in [4.69, 9.17) is 0 Å². The zero-order valence-electron chi connectivity index (χ0n) is 15.8. The van der Waals surface area contributed by atoms with Gasteiger partial charge in [0.15, 0.2) is 20.8 Å². The van der Waals surface area contributed by atoms with Gasteiger partial charge in [0.25, 0.3) is 0 Å². The Hall–Kier alpha value is -1.87. The van der Waals surface area contributed by atoms with Crippen LogP contribution < -0.4 is 0 Å². The Bertz CT molecular complexity index is 989. The van der Waals surface area contributed by atoms with E-state index in [-0.39, 0.29) is 29.1 Å². The van der Waals surface area contributed by atoms with Crippen LogP contribution in [-0.4, -0.2) is 50.8 Å². The number of ketones is 1. The lowest BCUT2D eigenvalue weighted by Crippen LogP contribution is -2.14. The second-order valence-electron chi connectivity index (χ2n) is 6.85. The first-order chi connectivity index (χ1) is 12.7. The molecule has 7 nitrogen and oxygen atoms in total. The topological polar surface area (TPSA) is 86.8 Å². The highest BCUT2D eigenvalue weighted by Gasteiger charge is 2.31. The lowest BCUT2D eigenvalue weighted by atomic mass is 10.2. The number of nitrogens with zero attached hydrogens (tertiary/aromatic N) is 4. The van der Waals surface area contributed by atoms with Crippen molar-refractivity contribution in [2.45, 2.75) is 44.9 Å². The highest BCUT2D eigenvalue weighted by molar-refractivity contribution is 7.99. The molecular weight excluding hydrogens is 384 g/mol. The summed E-state index contributed by atoms with van der Waals surface area (Å²) in [4.78, 5) is 12.8. The SMILES string of the molecule is C=CCn1c(C)nnc1SCC(=O)c1cc(C)n([C@H]2CCS(=O)(=O)C2)c1C. The maximum atomic E-state index is 12.8. The third-order valence-electron chi connectivity index (χ3n) is 4.90. The molecule has 3 heterocycles. The van der Waals surface area contributed by atoms with Crippen molar-refractivity contribution >= 4 is 27.4 Å². The first kappa shape index (κ1) is 19.9. The average molecular weight is 409 g/mol. The molecule has 0 aliphatic carbocycles. The lowest BCUT2D eigenvalue weighted by molar-refractivity contribution is 0.102. The van der Waals surface area contributed by atoms with E-state index in [1.165, 1.54) is 11.8 Å². The molecule has 0 aromatic carbocycles. The van der Waals surface area contributed by atoms with Crippen molar-refractivity contribution in [3.05, 3.63) is 41.5 Å². The summed E-state index contributed by atoms with van der Waals surface area (Å²) >= 11 is 1.35. The van der Waals surface area contributed by atoms with Gasteiger partial charge in [0, 0.05) is 29.5 Å². The van der Waals surface area contributed by atoms with Crippen LogP contribution in [0.4, 0.5) is 0 Å². The van der Waals surface area contributed by atoms with Crippen LogP contribution in [0, 0.1) is 20.8 Å². The zero-order chi connectivity index (χ0) is 19.8. The molecule has 1 aliphatic heterocycles. The minimum absolute atomic E-state index is 0.00557. The van der Waals surface area contributed by atoms with E-state index >= 15 is 0 Å². The lowest BCUT2D eigenvalue weighted by Gasteiger charge is -2.16. The van der Waals surface area contributed by atoms with Gasteiger partial charge in [0.1, 0.15) is 5.82 Å². The normalized spacial score (nSPS) is 18.7. The predicted molar refractivity (Wildman–Crippen MR) is 106 cm³/mol. The van der Waals surface area contributed by atoms with Gasteiger partial charge in [0.2, 0.25) is 0 Å². The molecule has 0 amide bonds. The fourth-order valence-electron chi connectivity index (χ4n) is 3.62. The van der Waals surface area contributed by atoms with Crippen LogP contribution in [0.1, 0.15) is 40.0 Å². The summed E-state index contributed by atoms with van der Waals surface area (Å²) < 4.78 is 27.6. The second-order valence-corrected chi connectivity index (χ2v) is 10.0. The Morgan fingerprint density at radius 2 is 2.11 bits per heavy atom. The average Bonchev–Trinajstić information content (AvgIpc) is 3.22. The first-order valence-corrected chi connectivity index (χ1v) is 11.6. The number of hydrogen-bond donors (Lipinski definition) is 0. The molecule has 1 saturated heterocycles. The number of Topliss-reactive ketones (excluding diaryl/α,β-unsaturated/α-hetero) is 1. The highest BCUT2D eigenvalue weighted by atomic mass is 32.2. The Labute approximate surface area is 163 Å². The fourth-order valence-corrected chi connectivity index (χ4v) is 6.19. The van der Waals surface area contributed by atoms with E-state index in [0.29, 0.717) is 23.7 Å². The summed E-state index contributed by atoms with van der Waals surface area (Å²) in [6.07, 6.45) is 2.37. The van der Waals surface area contributed by atoms with Gasteiger partial charge < -0.3 is 9.13 Å². The molecule has 3 rings (SSSR count). The van der Waals surface area contributed by atoms with Crippen molar-refractivity contribution in [2.24, 2.45) is 0 Å². The number of allylic oxidation sites excluding steroid dienone is 1. The summed E-state index contributed by atoms with van der Waals surface area (Å²) in [5.41, 5.74) is 2.41. The van der Waals surface area contributed by atoms with Gasteiger partial charge in [0.05, 0.1) is 17.3 Å². The molecule has 2 aromatic rings. The molecule has 1 atom stereocenters.